The van der Waals surface area contributed by atoms with Gasteiger partial charge in [-0.2, -0.15) is 0 Å². The molecule has 0 spiro atoms. The molecule has 1 aromatic heterocycles. The number of aryl methyl sites for hydroxylation is 2. The average Bonchev–Trinajstić information content (AvgIpc) is 2.86. The number of esters is 1. The van der Waals surface area contributed by atoms with Crippen molar-refractivity contribution >= 4 is 32.9 Å². The van der Waals surface area contributed by atoms with Crippen molar-refractivity contribution in [2.45, 2.75) is 25.7 Å². The average molecular weight is 505 g/mol. The number of nitrogens with zero attached hydrogens (tertiary/aromatic N) is 2. The number of carbonyl (C=O) groups excluding carboxylic acids is 1. The highest BCUT2D eigenvalue weighted by Gasteiger charge is 2.14. The molecule has 4 rings (SSSR count). The van der Waals surface area contributed by atoms with E-state index in [1.54, 1.807) is 19.2 Å². The molecule has 0 saturated heterocycles. The highest BCUT2D eigenvalue weighted by Crippen LogP contribution is 2.27. The van der Waals surface area contributed by atoms with Gasteiger partial charge in [-0.25, -0.2) is 14.8 Å². The highest BCUT2D eigenvalue weighted by atomic mass is 79.9. The van der Waals surface area contributed by atoms with Gasteiger partial charge in [-0.05, 0) is 67.6 Å². The molecule has 0 saturated carbocycles. The zero-order valence-electron chi connectivity index (χ0n) is 18.7. The molecular formula is C27H25BrN2O3. The summed E-state index contributed by atoms with van der Waals surface area (Å²) >= 11 is 3.63. The number of hydrogen-bond acceptors (Lipinski definition) is 5. The molecule has 168 valence electrons. The van der Waals surface area contributed by atoms with Gasteiger partial charge >= 0.3 is 5.97 Å². The Hall–Kier alpha value is -3.25. The van der Waals surface area contributed by atoms with Crippen LogP contribution in [-0.2, 0) is 17.6 Å². The van der Waals surface area contributed by atoms with Crippen LogP contribution in [-0.4, -0.2) is 30.2 Å². The summed E-state index contributed by atoms with van der Waals surface area (Å²) < 4.78 is 11.3. The second kappa shape index (κ2) is 10.6. The zero-order chi connectivity index (χ0) is 23.2. The van der Waals surface area contributed by atoms with Gasteiger partial charge in [-0.15, -0.1) is 0 Å². The summed E-state index contributed by atoms with van der Waals surface area (Å²) in [4.78, 5) is 21.8. The van der Waals surface area contributed by atoms with Crippen molar-refractivity contribution in [3.05, 3.63) is 88.0 Å². The first-order chi connectivity index (χ1) is 16.1. The number of aromatic nitrogens is 2. The van der Waals surface area contributed by atoms with Gasteiger partial charge in [0.1, 0.15) is 5.75 Å². The predicted molar refractivity (Wildman–Crippen MR) is 134 cm³/mol. The van der Waals surface area contributed by atoms with Crippen LogP contribution in [0.4, 0.5) is 0 Å². The molecule has 0 aliphatic rings. The molecule has 6 heteroatoms. The molecule has 0 unspecified atom stereocenters. The van der Waals surface area contributed by atoms with E-state index in [9.17, 15) is 4.79 Å². The number of fused-ring (bicyclic) bond motifs is 1. The minimum atomic E-state index is -0.378. The van der Waals surface area contributed by atoms with E-state index in [1.165, 1.54) is 12.7 Å². The molecule has 0 radical (unpaired) electrons. The van der Waals surface area contributed by atoms with Crippen molar-refractivity contribution < 1.29 is 14.3 Å². The van der Waals surface area contributed by atoms with Crippen LogP contribution < -0.4 is 4.74 Å². The molecule has 0 amide bonds. The molecule has 0 fully saturated rings. The lowest BCUT2D eigenvalue weighted by Crippen LogP contribution is -2.04. The second-order valence-electron chi connectivity index (χ2n) is 7.74. The Kier molecular flexibility index (Phi) is 7.35. The lowest BCUT2D eigenvalue weighted by atomic mass is 10.0. The fourth-order valence-electron chi connectivity index (χ4n) is 3.81. The lowest BCUT2D eigenvalue weighted by Gasteiger charge is -2.11. The van der Waals surface area contributed by atoms with E-state index in [2.05, 4.69) is 34.1 Å². The molecule has 0 atom stereocenters. The van der Waals surface area contributed by atoms with Crippen molar-refractivity contribution in [1.82, 2.24) is 9.97 Å². The number of hydrogen-bond donors (Lipinski definition) is 0. The van der Waals surface area contributed by atoms with Crippen molar-refractivity contribution in [2.24, 2.45) is 0 Å². The summed E-state index contributed by atoms with van der Waals surface area (Å²) in [7, 11) is 3.06. The van der Waals surface area contributed by atoms with E-state index in [0.29, 0.717) is 11.1 Å². The molecule has 0 bridgehead atoms. The fourth-order valence-corrected chi connectivity index (χ4v) is 4.26. The fraction of sp³-hybridized carbons (Fsp3) is 0.222. The number of methoxy groups -OCH3 is 2. The van der Waals surface area contributed by atoms with Gasteiger partial charge in [-0.1, -0.05) is 46.3 Å². The van der Waals surface area contributed by atoms with Crippen LogP contribution in [0.2, 0.25) is 0 Å². The monoisotopic (exact) mass is 504 g/mol. The molecule has 0 N–H and O–H groups in total. The molecule has 3 aromatic carbocycles. The summed E-state index contributed by atoms with van der Waals surface area (Å²) in [5.74, 6) is 0.484. The first kappa shape index (κ1) is 22.9. The van der Waals surface area contributed by atoms with Crippen molar-refractivity contribution in [3.8, 4) is 17.0 Å². The predicted octanol–water partition coefficient (Wildman–Crippen LogP) is 6.42. The Morgan fingerprint density at radius 1 is 0.879 bits per heavy atom. The maximum Gasteiger partial charge on any atom is 0.337 e. The minimum Gasteiger partial charge on any atom is -0.497 e. The summed E-state index contributed by atoms with van der Waals surface area (Å²) in [5.41, 5.74) is 6.01. The highest BCUT2D eigenvalue weighted by molar-refractivity contribution is 9.10. The number of unbranched alkanes of at least 4 members (excludes halogenated alkanes) is 1. The molecule has 0 aliphatic heterocycles. The van der Waals surface area contributed by atoms with Crippen LogP contribution >= 0.6 is 15.9 Å². The molecule has 4 aromatic rings. The number of ether oxygens (including phenoxy) is 2. The van der Waals surface area contributed by atoms with Crippen LogP contribution in [0.3, 0.4) is 0 Å². The minimum absolute atomic E-state index is 0.378. The van der Waals surface area contributed by atoms with Gasteiger partial charge in [0.2, 0.25) is 0 Å². The van der Waals surface area contributed by atoms with E-state index in [0.717, 1.165) is 58.4 Å². The van der Waals surface area contributed by atoms with Crippen LogP contribution in [0.5, 0.6) is 5.75 Å². The summed E-state index contributed by atoms with van der Waals surface area (Å²) in [6, 6.07) is 21.5. The van der Waals surface area contributed by atoms with Crippen LogP contribution in [0.25, 0.3) is 22.3 Å². The summed E-state index contributed by atoms with van der Waals surface area (Å²) in [6.07, 6.45) is 3.69. The SMILES string of the molecule is COC(=O)c1ccc2nc(-c3ccccc3)c(CCCCc3cc(OC)ccc3Br)nc2c1. The lowest BCUT2D eigenvalue weighted by molar-refractivity contribution is 0.0601. The molecular weight excluding hydrogens is 480 g/mol. The molecule has 1 heterocycles. The van der Waals surface area contributed by atoms with Crippen molar-refractivity contribution in [1.29, 1.82) is 0 Å². The third-order valence-corrected chi connectivity index (χ3v) is 6.34. The maximum atomic E-state index is 12.0. The van der Waals surface area contributed by atoms with Gasteiger partial charge in [0.15, 0.2) is 0 Å². The Morgan fingerprint density at radius 2 is 1.67 bits per heavy atom. The molecule has 0 aliphatic carbocycles. The standard InChI is InChI=1S/C27H25BrN2O3/c1-32-21-13-14-22(28)19(16-21)10-6-7-11-24-26(18-8-4-3-5-9-18)30-23-15-12-20(27(31)33-2)17-25(23)29-24/h3-5,8-9,12-17H,6-7,10-11H2,1-2H3. The number of rotatable bonds is 8. The topological polar surface area (TPSA) is 61.3 Å². The maximum absolute atomic E-state index is 12.0. The normalized spacial score (nSPS) is 10.9. The number of carbonyl (C=O) groups is 1. The smallest absolute Gasteiger partial charge is 0.337 e. The van der Waals surface area contributed by atoms with E-state index in [4.69, 9.17) is 19.4 Å². The quantitative estimate of drug-likeness (QED) is 0.204. The van der Waals surface area contributed by atoms with Gasteiger partial charge in [-0.3, -0.25) is 0 Å². The van der Waals surface area contributed by atoms with Gasteiger partial charge in [0, 0.05) is 10.0 Å². The first-order valence-corrected chi connectivity index (χ1v) is 11.6. The van der Waals surface area contributed by atoms with E-state index in [-0.39, 0.29) is 5.97 Å². The third-order valence-electron chi connectivity index (χ3n) is 5.57. The number of halogens is 1. The molecule has 33 heavy (non-hydrogen) atoms. The Bertz CT molecular complexity index is 1280. The van der Waals surface area contributed by atoms with Gasteiger partial charge in [0.25, 0.3) is 0 Å². The van der Waals surface area contributed by atoms with Gasteiger partial charge < -0.3 is 9.47 Å². The van der Waals surface area contributed by atoms with E-state index in [1.807, 2.05) is 36.4 Å². The summed E-state index contributed by atoms with van der Waals surface area (Å²) in [6.45, 7) is 0. The summed E-state index contributed by atoms with van der Waals surface area (Å²) in [5, 5.41) is 0. The van der Waals surface area contributed by atoms with Crippen LogP contribution in [0, 0.1) is 0 Å². The second-order valence-corrected chi connectivity index (χ2v) is 8.60. The van der Waals surface area contributed by atoms with Gasteiger partial charge in [0.05, 0.1) is 42.2 Å². The third kappa shape index (κ3) is 5.40. The first-order valence-electron chi connectivity index (χ1n) is 10.9. The number of benzene rings is 3. The van der Waals surface area contributed by atoms with Crippen molar-refractivity contribution in [2.75, 3.05) is 14.2 Å². The zero-order valence-corrected chi connectivity index (χ0v) is 20.3. The van der Waals surface area contributed by atoms with E-state index < -0.39 is 0 Å². The largest absolute Gasteiger partial charge is 0.497 e. The van der Waals surface area contributed by atoms with Crippen LogP contribution in [0.15, 0.2) is 71.2 Å². The van der Waals surface area contributed by atoms with Crippen LogP contribution in [0.1, 0.15) is 34.5 Å². The Balaban J connectivity index is 1.59. The molecule has 5 nitrogen and oxygen atoms in total. The van der Waals surface area contributed by atoms with Crippen molar-refractivity contribution in [3.63, 3.8) is 0 Å². The Labute approximate surface area is 201 Å². The van der Waals surface area contributed by atoms with E-state index >= 15 is 0 Å². The Morgan fingerprint density at radius 3 is 2.42 bits per heavy atom.